The van der Waals surface area contributed by atoms with Gasteiger partial charge < -0.3 is 5.32 Å². The normalized spacial score (nSPS) is 13.8. The molecule has 0 saturated carbocycles. The Morgan fingerprint density at radius 2 is 2.11 bits per heavy atom. The number of benzene rings is 1. The molecule has 0 unspecified atom stereocenters. The van der Waals surface area contributed by atoms with E-state index in [2.05, 4.69) is 37.4 Å². The number of anilines is 1. The van der Waals surface area contributed by atoms with Gasteiger partial charge >= 0.3 is 0 Å². The van der Waals surface area contributed by atoms with E-state index in [4.69, 9.17) is 4.98 Å². The van der Waals surface area contributed by atoms with Gasteiger partial charge in [-0.15, -0.1) is 0 Å². The highest BCUT2D eigenvalue weighted by Crippen LogP contribution is 2.35. The minimum atomic E-state index is 1.04. The SMILES string of the molecule is CCCNc1c2c(nc3c(CC)cccc13)CCC2. The fourth-order valence-corrected chi connectivity index (χ4v) is 3.08. The Balaban J connectivity index is 2.24. The smallest absolute Gasteiger partial charge is 0.0758 e. The fourth-order valence-electron chi connectivity index (χ4n) is 3.08. The van der Waals surface area contributed by atoms with Crippen molar-refractivity contribution in [3.05, 3.63) is 35.0 Å². The molecule has 0 radical (unpaired) electrons. The Morgan fingerprint density at radius 1 is 1.21 bits per heavy atom. The Labute approximate surface area is 115 Å². The van der Waals surface area contributed by atoms with Crippen LogP contribution < -0.4 is 5.32 Å². The van der Waals surface area contributed by atoms with Crippen LogP contribution in [0.2, 0.25) is 0 Å². The number of nitrogens with one attached hydrogen (secondary N) is 1. The van der Waals surface area contributed by atoms with Crippen LogP contribution in [0, 0.1) is 0 Å². The molecule has 3 rings (SSSR count). The number of fused-ring (bicyclic) bond motifs is 2. The van der Waals surface area contributed by atoms with E-state index in [1.807, 2.05) is 0 Å². The monoisotopic (exact) mass is 254 g/mol. The molecule has 1 N–H and O–H groups in total. The van der Waals surface area contributed by atoms with Crippen LogP contribution in [0.3, 0.4) is 0 Å². The molecule has 0 spiro atoms. The first-order chi connectivity index (χ1) is 9.35. The summed E-state index contributed by atoms with van der Waals surface area (Å²) in [6.45, 7) is 5.47. The van der Waals surface area contributed by atoms with Crippen LogP contribution in [-0.4, -0.2) is 11.5 Å². The van der Waals surface area contributed by atoms with Gasteiger partial charge in [-0.25, -0.2) is 0 Å². The minimum Gasteiger partial charge on any atom is -0.384 e. The lowest BCUT2D eigenvalue weighted by Gasteiger charge is -2.15. The molecule has 1 heterocycles. The number of para-hydroxylation sites is 1. The van der Waals surface area contributed by atoms with E-state index in [0.29, 0.717) is 0 Å². The van der Waals surface area contributed by atoms with Gasteiger partial charge in [0.05, 0.1) is 5.52 Å². The number of pyridine rings is 1. The summed E-state index contributed by atoms with van der Waals surface area (Å²) in [5.74, 6) is 0. The zero-order chi connectivity index (χ0) is 13.2. The molecule has 0 amide bonds. The van der Waals surface area contributed by atoms with Crippen molar-refractivity contribution in [1.82, 2.24) is 4.98 Å². The van der Waals surface area contributed by atoms with Crippen molar-refractivity contribution in [2.24, 2.45) is 0 Å². The predicted octanol–water partition coefficient (Wildman–Crippen LogP) is 4.11. The molecule has 19 heavy (non-hydrogen) atoms. The van der Waals surface area contributed by atoms with E-state index >= 15 is 0 Å². The predicted molar refractivity (Wildman–Crippen MR) is 81.9 cm³/mol. The van der Waals surface area contributed by atoms with E-state index in [1.54, 1.807) is 0 Å². The second-order valence-electron chi connectivity index (χ2n) is 5.36. The highest BCUT2D eigenvalue weighted by Gasteiger charge is 2.20. The summed E-state index contributed by atoms with van der Waals surface area (Å²) in [5, 5.41) is 4.96. The standard InChI is InChI=1S/C17H22N2/c1-3-11-18-17-13-8-6-10-15(13)19-16-12(4-2)7-5-9-14(16)17/h5,7,9H,3-4,6,8,10-11H2,1-2H3,(H,18,19). The van der Waals surface area contributed by atoms with Gasteiger partial charge in [0, 0.05) is 23.3 Å². The lowest BCUT2D eigenvalue weighted by molar-refractivity contribution is 0.900. The van der Waals surface area contributed by atoms with E-state index in [-0.39, 0.29) is 0 Å². The summed E-state index contributed by atoms with van der Waals surface area (Å²) in [7, 11) is 0. The van der Waals surface area contributed by atoms with Gasteiger partial charge in [0.15, 0.2) is 0 Å². The number of aryl methyl sites for hydroxylation is 2. The summed E-state index contributed by atoms with van der Waals surface area (Å²) >= 11 is 0. The number of hydrogen-bond acceptors (Lipinski definition) is 2. The number of nitrogens with zero attached hydrogens (tertiary/aromatic N) is 1. The molecule has 0 fully saturated rings. The molecule has 1 aliphatic rings. The summed E-state index contributed by atoms with van der Waals surface area (Å²) < 4.78 is 0. The molecule has 2 nitrogen and oxygen atoms in total. The summed E-state index contributed by atoms with van der Waals surface area (Å²) in [6.07, 6.45) is 5.79. The molecule has 0 atom stereocenters. The Morgan fingerprint density at radius 3 is 2.89 bits per heavy atom. The molecule has 1 aliphatic carbocycles. The Kier molecular flexibility index (Phi) is 3.41. The van der Waals surface area contributed by atoms with Gasteiger partial charge in [0.25, 0.3) is 0 Å². The molecule has 0 aliphatic heterocycles. The van der Waals surface area contributed by atoms with E-state index < -0.39 is 0 Å². The average Bonchev–Trinajstić information content (AvgIpc) is 2.91. The van der Waals surface area contributed by atoms with Crippen LogP contribution in [0.5, 0.6) is 0 Å². The number of aromatic nitrogens is 1. The van der Waals surface area contributed by atoms with Gasteiger partial charge in [-0.3, -0.25) is 4.98 Å². The molecule has 1 aromatic heterocycles. The molecule has 2 aromatic rings. The van der Waals surface area contributed by atoms with Crippen molar-refractivity contribution < 1.29 is 0 Å². The molecule has 1 aromatic carbocycles. The Hall–Kier alpha value is -1.57. The Bertz CT molecular complexity index is 602. The molecular formula is C17H22N2. The first kappa shape index (κ1) is 12.5. The second-order valence-corrected chi connectivity index (χ2v) is 5.36. The molecule has 100 valence electrons. The zero-order valence-electron chi connectivity index (χ0n) is 11.9. The number of rotatable bonds is 4. The van der Waals surface area contributed by atoms with Gasteiger partial charge in [0.1, 0.15) is 0 Å². The summed E-state index contributed by atoms with van der Waals surface area (Å²) in [5.41, 5.74) is 6.73. The third-order valence-electron chi connectivity index (χ3n) is 4.06. The zero-order valence-corrected chi connectivity index (χ0v) is 11.9. The van der Waals surface area contributed by atoms with Crippen LogP contribution >= 0.6 is 0 Å². The quantitative estimate of drug-likeness (QED) is 0.888. The van der Waals surface area contributed by atoms with Crippen molar-refractivity contribution in [2.45, 2.75) is 46.0 Å². The van der Waals surface area contributed by atoms with Crippen LogP contribution in [0.25, 0.3) is 10.9 Å². The first-order valence-corrected chi connectivity index (χ1v) is 7.52. The average molecular weight is 254 g/mol. The van der Waals surface area contributed by atoms with Gasteiger partial charge in [-0.1, -0.05) is 32.0 Å². The van der Waals surface area contributed by atoms with Crippen molar-refractivity contribution in [3.63, 3.8) is 0 Å². The first-order valence-electron chi connectivity index (χ1n) is 7.52. The van der Waals surface area contributed by atoms with Crippen LogP contribution in [0.15, 0.2) is 18.2 Å². The van der Waals surface area contributed by atoms with Crippen molar-refractivity contribution >= 4 is 16.6 Å². The van der Waals surface area contributed by atoms with Crippen LogP contribution in [0.1, 0.15) is 43.5 Å². The van der Waals surface area contributed by atoms with Crippen molar-refractivity contribution in [1.29, 1.82) is 0 Å². The topological polar surface area (TPSA) is 24.9 Å². The van der Waals surface area contributed by atoms with Crippen molar-refractivity contribution in [2.75, 3.05) is 11.9 Å². The number of hydrogen-bond donors (Lipinski definition) is 1. The molecule has 2 heteroatoms. The molecule has 0 bridgehead atoms. The maximum Gasteiger partial charge on any atom is 0.0758 e. The van der Waals surface area contributed by atoms with E-state index in [9.17, 15) is 0 Å². The lowest BCUT2D eigenvalue weighted by atomic mass is 10.0. The molecular weight excluding hydrogens is 232 g/mol. The molecule has 0 saturated heterocycles. The maximum atomic E-state index is 4.96. The van der Waals surface area contributed by atoms with Crippen molar-refractivity contribution in [3.8, 4) is 0 Å². The summed E-state index contributed by atoms with van der Waals surface area (Å²) in [4.78, 5) is 4.96. The van der Waals surface area contributed by atoms with Gasteiger partial charge in [0.2, 0.25) is 0 Å². The van der Waals surface area contributed by atoms with E-state index in [0.717, 1.165) is 25.8 Å². The lowest BCUT2D eigenvalue weighted by Crippen LogP contribution is -2.06. The van der Waals surface area contributed by atoms with Crippen LogP contribution in [-0.2, 0) is 19.3 Å². The van der Waals surface area contributed by atoms with Crippen LogP contribution in [0.4, 0.5) is 5.69 Å². The fraction of sp³-hybridized carbons (Fsp3) is 0.471. The largest absolute Gasteiger partial charge is 0.384 e. The highest BCUT2D eigenvalue weighted by molar-refractivity contribution is 5.95. The minimum absolute atomic E-state index is 1.04. The summed E-state index contributed by atoms with van der Waals surface area (Å²) in [6, 6.07) is 6.60. The van der Waals surface area contributed by atoms with Gasteiger partial charge in [-0.2, -0.15) is 0 Å². The second kappa shape index (κ2) is 5.20. The third-order valence-corrected chi connectivity index (χ3v) is 4.06. The maximum absolute atomic E-state index is 4.96. The van der Waals surface area contributed by atoms with Gasteiger partial charge in [-0.05, 0) is 43.2 Å². The van der Waals surface area contributed by atoms with E-state index in [1.165, 1.54) is 46.3 Å². The highest BCUT2D eigenvalue weighted by atomic mass is 14.9. The third kappa shape index (κ3) is 2.09.